The van der Waals surface area contributed by atoms with Crippen molar-refractivity contribution in [1.29, 1.82) is 0 Å². The van der Waals surface area contributed by atoms with Crippen molar-refractivity contribution < 1.29 is 13.5 Å². The fourth-order valence-electron chi connectivity index (χ4n) is 2.86. The second-order valence-electron chi connectivity index (χ2n) is 5.17. The Morgan fingerprint density at radius 3 is 3.00 bits per heavy atom. The van der Waals surface area contributed by atoms with Crippen LogP contribution in [0.2, 0.25) is 0 Å². The number of hydrogen-bond donors (Lipinski definition) is 3. The largest absolute Gasteiger partial charge is 0.488 e. The molecule has 1 unspecified atom stereocenters. The van der Waals surface area contributed by atoms with Crippen LogP contribution in [0.1, 0.15) is 12.0 Å². The van der Waals surface area contributed by atoms with E-state index in [4.69, 9.17) is 10.5 Å². The SMILES string of the molecule is NCCC1=CNC(S)N1[C@H]1COc2c(F)cc(F)cc2C1. The van der Waals surface area contributed by atoms with Gasteiger partial charge in [0, 0.05) is 36.4 Å². The van der Waals surface area contributed by atoms with Gasteiger partial charge in [0.25, 0.3) is 0 Å². The van der Waals surface area contributed by atoms with Gasteiger partial charge >= 0.3 is 0 Å². The van der Waals surface area contributed by atoms with E-state index in [1.54, 1.807) is 0 Å². The van der Waals surface area contributed by atoms with Crippen LogP contribution in [-0.2, 0) is 6.42 Å². The summed E-state index contributed by atoms with van der Waals surface area (Å²) in [6.07, 6.45) is 3.10. The lowest BCUT2D eigenvalue weighted by Crippen LogP contribution is -2.46. The second kappa shape index (κ2) is 5.73. The van der Waals surface area contributed by atoms with Gasteiger partial charge in [-0.3, -0.25) is 0 Å². The highest BCUT2D eigenvalue weighted by Gasteiger charge is 2.34. The second-order valence-corrected chi connectivity index (χ2v) is 5.66. The zero-order chi connectivity index (χ0) is 15.0. The van der Waals surface area contributed by atoms with Gasteiger partial charge in [0.05, 0.1) is 6.04 Å². The van der Waals surface area contributed by atoms with Gasteiger partial charge in [0.15, 0.2) is 11.6 Å². The third-order valence-electron chi connectivity index (χ3n) is 3.75. The van der Waals surface area contributed by atoms with Gasteiger partial charge in [0.2, 0.25) is 0 Å². The molecule has 0 amide bonds. The lowest BCUT2D eigenvalue weighted by atomic mass is 10.0. The molecule has 0 aliphatic carbocycles. The molecule has 0 fully saturated rings. The first kappa shape index (κ1) is 14.5. The summed E-state index contributed by atoms with van der Waals surface area (Å²) < 4.78 is 32.6. The predicted molar refractivity (Wildman–Crippen MR) is 78.8 cm³/mol. The quantitative estimate of drug-likeness (QED) is 0.742. The molecule has 0 bridgehead atoms. The molecule has 0 saturated heterocycles. The molecule has 4 nitrogen and oxygen atoms in total. The summed E-state index contributed by atoms with van der Waals surface area (Å²) in [6.45, 7) is 0.855. The van der Waals surface area contributed by atoms with Gasteiger partial charge in [-0.25, -0.2) is 8.78 Å². The molecule has 3 rings (SSSR count). The van der Waals surface area contributed by atoms with Gasteiger partial charge in [-0.15, -0.1) is 12.6 Å². The Balaban J connectivity index is 1.84. The Morgan fingerprint density at radius 1 is 1.43 bits per heavy atom. The zero-order valence-corrected chi connectivity index (χ0v) is 12.2. The van der Waals surface area contributed by atoms with Crippen molar-refractivity contribution in [3.05, 3.63) is 41.2 Å². The molecule has 2 aliphatic rings. The van der Waals surface area contributed by atoms with E-state index in [-0.39, 0.29) is 17.3 Å². The third-order valence-corrected chi connectivity index (χ3v) is 4.15. The maximum Gasteiger partial charge on any atom is 0.168 e. The van der Waals surface area contributed by atoms with Gasteiger partial charge in [-0.1, -0.05) is 0 Å². The number of nitrogens with two attached hydrogens (primary N) is 1. The summed E-state index contributed by atoms with van der Waals surface area (Å²) in [5.41, 5.74) is 7.01. The summed E-state index contributed by atoms with van der Waals surface area (Å²) >= 11 is 4.48. The molecule has 1 aromatic carbocycles. The molecule has 2 heterocycles. The van der Waals surface area contributed by atoms with Crippen LogP contribution in [-0.4, -0.2) is 29.6 Å². The third kappa shape index (κ3) is 2.67. The number of nitrogens with one attached hydrogen (secondary N) is 1. The van der Waals surface area contributed by atoms with Crippen molar-refractivity contribution in [2.45, 2.75) is 24.4 Å². The average molecular weight is 313 g/mol. The molecule has 3 N–H and O–H groups in total. The van der Waals surface area contributed by atoms with E-state index in [1.807, 2.05) is 6.20 Å². The highest BCUT2D eigenvalue weighted by molar-refractivity contribution is 7.80. The molecule has 0 radical (unpaired) electrons. The van der Waals surface area contributed by atoms with Crippen LogP contribution in [0.15, 0.2) is 24.0 Å². The highest BCUT2D eigenvalue weighted by Crippen LogP contribution is 2.33. The van der Waals surface area contributed by atoms with Gasteiger partial charge in [-0.2, -0.15) is 0 Å². The fraction of sp³-hybridized carbons (Fsp3) is 0.429. The van der Waals surface area contributed by atoms with E-state index < -0.39 is 11.6 Å². The standard InChI is InChI=1S/C14H17F2N3OS/c15-9-3-8-4-11(7-20-13(8)12(16)5-9)19-10(1-2-17)6-18-14(19)21/h3,5-6,11,14,18,21H,1-2,4,7,17H2/t11-,14?/m1/s1. The van der Waals surface area contributed by atoms with Gasteiger partial charge in [0.1, 0.15) is 17.9 Å². The van der Waals surface area contributed by atoms with Crippen LogP contribution >= 0.6 is 12.6 Å². The average Bonchev–Trinajstić information content (AvgIpc) is 2.79. The Kier molecular flexibility index (Phi) is 3.95. The smallest absolute Gasteiger partial charge is 0.168 e. The lowest BCUT2D eigenvalue weighted by Gasteiger charge is -2.37. The molecule has 2 atom stereocenters. The lowest BCUT2D eigenvalue weighted by molar-refractivity contribution is 0.138. The topological polar surface area (TPSA) is 50.5 Å². The van der Waals surface area contributed by atoms with Crippen LogP contribution in [0.25, 0.3) is 0 Å². The summed E-state index contributed by atoms with van der Waals surface area (Å²) in [7, 11) is 0. The Morgan fingerprint density at radius 2 is 2.24 bits per heavy atom. The number of rotatable bonds is 3. The number of benzene rings is 1. The normalized spacial score (nSPS) is 24.2. The van der Waals surface area contributed by atoms with E-state index in [1.165, 1.54) is 6.07 Å². The number of thiol groups is 1. The minimum Gasteiger partial charge on any atom is -0.488 e. The Hall–Kier alpha value is -1.47. The first-order chi connectivity index (χ1) is 10.1. The van der Waals surface area contributed by atoms with Gasteiger partial charge in [-0.05, 0) is 12.6 Å². The van der Waals surface area contributed by atoms with Crippen molar-refractivity contribution in [2.75, 3.05) is 13.2 Å². The number of nitrogens with zero attached hydrogens (tertiary/aromatic N) is 1. The molecule has 0 spiro atoms. The first-order valence-corrected chi connectivity index (χ1v) is 7.34. The molecule has 21 heavy (non-hydrogen) atoms. The van der Waals surface area contributed by atoms with E-state index in [9.17, 15) is 8.78 Å². The minimum absolute atomic E-state index is 0.0333. The number of ether oxygens (including phenoxy) is 1. The molecule has 7 heteroatoms. The molecule has 0 aromatic heterocycles. The van der Waals surface area contributed by atoms with Crippen molar-refractivity contribution in [1.82, 2.24) is 10.2 Å². The predicted octanol–water partition coefficient (Wildman–Crippen LogP) is 1.58. The molecule has 2 aliphatic heterocycles. The van der Waals surface area contributed by atoms with Gasteiger partial charge < -0.3 is 20.7 Å². The number of hydrogen-bond acceptors (Lipinski definition) is 5. The molecular formula is C14H17F2N3OS. The Bertz CT molecular complexity index is 582. The van der Waals surface area contributed by atoms with Crippen molar-refractivity contribution in [3.63, 3.8) is 0 Å². The van der Waals surface area contributed by atoms with E-state index in [0.29, 0.717) is 31.6 Å². The van der Waals surface area contributed by atoms with Crippen molar-refractivity contribution in [2.24, 2.45) is 5.73 Å². The number of fused-ring (bicyclic) bond motifs is 1. The van der Waals surface area contributed by atoms with Crippen molar-refractivity contribution in [3.8, 4) is 5.75 Å². The highest BCUT2D eigenvalue weighted by atomic mass is 32.1. The summed E-state index contributed by atoms with van der Waals surface area (Å²) in [4.78, 5) is 2.06. The molecular weight excluding hydrogens is 296 g/mol. The van der Waals surface area contributed by atoms with E-state index in [2.05, 4.69) is 22.8 Å². The summed E-state index contributed by atoms with van der Waals surface area (Å²) in [6, 6.07) is 2.14. The summed E-state index contributed by atoms with van der Waals surface area (Å²) in [5, 5.41) is 3.12. The van der Waals surface area contributed by atoms with Crippen LogP contribution in [0, 0.1) is 11.6 Å². The zero-order valence-electron chi connectivity index (χ0n) is 11.4. The van der Waals surface area contributed by atoms with E-state index in [0.717, 1.165) is 11.8 Å². The molecule has 0 saturated carbocycles. The fourth-order valence-corrected chi connectivity index (χ4v) is 3.28. The van der Waals surface area contributed by atoms with Crippen LogP contribution in [0.5, 0.6) is 5.75 Å². The van der Waals surface area contributed by atoms with Crippen LogP contribution in [0.3, 0.4) is 0 Å². The first-order valence-electron chi connectivity index (χ1n) is 6.82. The Labute approximate surface area is 127 Å². The monoisotopic (exact) mass is 313 g/mol. The minimum atomic E-state index is -0.650. The molecule has 114 valence electrons. The molecule has 1 aromatic rings. The van der Waals surface area contributed by atoms with Crippen molar-refractivity contribution >= 4 is 12.6 Å². The van der Waals surface area contributed by atoms with Crippen LogP contribution < -0.4 is 15.8 Å². The number of halogens is 2. The summed E-state index contributed by atoms with van der Waals surface area (Å²) in [5.74, 6) is -1.08. The van der Waals surface area contributed by atoms with E-state index >= 15 is 0 Å². The van der Waals surface area contributed by atoms with Crippen LogP contribution in [0.4, 0.5) is 8.78 Å². The maximum absolute atomic E-state index is 13.7. The maximum atomic E-state index is 13.7.